The molecule has 0 radical (unpaired) electrons. The molecule has 9 atom stereocenters. The van der Waals surface area contributed by atoms with E-state index in [-0.39, 0.29) is 66.0 Å². The monoisotopic (exact) mass is 611 g/mol. The Balaban J connectivity index is 1.12. The number of rotatable bonds is 4. The van der Waals surface area contributed by atoms with Crippen molar-refractivity contribution in [1.82, 2.24) is 20.1 Å². The van der Waals surface area contributed by atoms with Gasteiger partial charge in [-0.1, -0.05) is 0 Å². The Morgan fingerprint density at radius 1 is 1.23 bits per heavy atom. The van der Waals surface area contributed by atoms with Gasteiger partial charge in [0.05, 0.1) is 25.9 Å². The fourth-order valence-electron chi connectivity index (χ4n) is 10.1. The lowest BCUT2D eigenvalue weighted by atomic mass is 9.59. The van der Waals surface area contributed by atoms with Crippen LogP contribution in [0.25, 0.3) is 0 Å². The summed E-state index contributed by atoms with van der Waals surface area (Å²) in [6.45, 7) is 4.49. The van der Waals surface area contributed by atoms with Crippen molar-refractivity contribution in [3.8, 4) is 5.75 Å². The predicted molar refractivity (Wildman–Crippen MR) is 151 cm³/mol. The largest absolute Gasteiger partial charge is 0.472 e. The zero-order valence-electron chi connectivity index (χ0n) is 25.1. The number of likely N-dealkylation sites (tertiary alicyclic amines) is 2. The van der Waals surface area contributed by atoms with Gasteiger partial charge < -0.3 is 34.6 Å². The molecule has 1 aromatic heterocycles. The lowest BCUT2D eigenvalue weighted by molar-refractivity contribution is -0.150. The van der Waals surface area contributed by atoms with Crippen LogP contribution >= 0.6 is 0 Å². The Labute approximate surface area is 254 Å². The van der Waals surface area contributed by atoms with E-state index in [1.807, 2.05) is 13.8 Å². The van der Waals surface area contributed by atoms with Crippen LogP contribution in [0.3, 0.4) is 0 Å². The minimum absolute atomic E-state index is 0.00376. The minimum Gasteiger partial charge on any atom is -0.472 e. The topological polar surface area (TPSA) is 139 Å². The smallest absolute Gasteiger partial charge is 0.407 e. The molecule has 1 spiro atoms. The Kier molecular flexibility index (Phi) is 5.91. The van der Waals surface area contributed by atoms with E-state index < -0.39 is 35.4 Å². The van der Waals surface area contributed by atoms with Crippen molar-refractivity contribution in [2.24, 2.45) is 29.1 Å². The average molecular weight is 612 g/mol. The van der Waals surface area contributed by atoms with Crippen LogP contribution in [0.1, 0.15) is 46.0 Å². The summed E-state index contributed by atoms with van der Waals surface area (Å²) in [5, 5.41) is 5.61. The molecule has 1 aromatic rings. The van der Waals surface area contributed by atoms with Crippen LogP contribution < -0.4 is 15.4 Å². The second-order valence-corrected chi connectivity index (χ2v) is 14.5. The third kappa shape index (κ3) is 3.80. The molecule has 7 fully saturated rings. The number of carbonyl (C=O) groups is 4. The fraction of sp³-hybridized carbons (Fsp3) is 0.710. The molecule has 44 heavy (non-hydrogen) atoms. The Morgan fingerprint density at radius 2 is 2.02 bits per heavy atom. The number of hydrogen-bond donors (Lipinski definition) is 2. The Hall–Kier alpha value is -3.48. The van der Waals surface area contributed by atoms with Crippen LogP contribution in [0.15, 0.2) is 18.3 Å². The summed E-state index contributed by atoms with van der Waals surface area (Å²) in [5.74, 6) is -0.841. The molecule has 6 heterocycles. The highest BCUT2D eigenvalue weighted by molar-refractivity contribution is 6.01. The van der Waals surface area contributed by atoms with Gasteiger partial charge in [0.2, 0.25) is 17.4 Å². The molecule has 9 rings (SSSR count). The van der Waals surface area contributed by atoms with Crippen LogP contribution in [0.2, 0.25) is 0 Å². The second-order valence-electron chi connectivity index (χ2n) is 14.5. The standard InChI is InChI=1S/C31H38FN5O7/c1-15-9-31(27(40)35-24-20(44-31)5-4-6-33-24)13-37(15)25(38)22-21-17-7-16(8-19(17)32)18(21)10-36(22)26(39)23(34-28(41)42-3)30-11-29(2,12-30)43-14-30/h4-6,15-19,21-23H,7-14H2,1-3H3,(H,34,41)(H,33,35,40)/t15-,16+,17-,18-,19-,21+,22+,23-,29?,30?,31-/m1/s1. The summed E-state index contributed by atoms with van der Waals surface area (Å²) in [7, 11) is 1.25. The summed E-state index contributed by atoms with van der Waals surface area (Å²) in [5.41, 5.74) is -2.25. The SMILES string of the molecule is COC(=O)N[C@H](C(=O)N1C[C@@H]2[C@H]3C[C@@H]([C@@H]2[C@H]1C(=O)N1C[C@@]2(C[C@H]1C)Oc1cccnc1NC2=O)[C@H](F)C3)C12COC(C)(C1)C2. The van der Waals surface area contributed by atoms with Crippen molar-refractivity contribution in [1.29, 1.82) is 0 Å². The van der Waals surface area contributed by atoms with Gasteiger partial charge in [-0.2, -0.15) is 0 Å². The van der Waals surface area contributed by atoms with Crippen molar-refractivity contribution in [2.75, 3.05) is 32.1 Å². The number of methoxy groups -OCH3 is 1. The average Bonchev–Trinajstić information content (AvgIpc) is 3.81. The number of nitrogens with one attached hydrogen (secondary N) is 2. The second kappa shape index (κ2) is 9.27. The quantitative estimate of drug-likeness (QED) is 0.527. The zero-order chi connectivity index (χ0) is 30.8. The summed E-state index contributed by atoms with van der Waals surface area (Å²) in [6, 6.07) is 1.21. The first-order valence-corrected chi connectivity index (χ1v) is 15.7. The van der Waals surface area contributed by atoms with Gasteiger partial charge in [-0.05, 0) is 75.3 Å². The lowest BCUT2D eigenvalue weighted by Crippen LogP contribution is -2.64. The number of pyridine rings is 1. The number of alkyl carbamates (subject to hydrolysis) is 1. The van der Waals surface area contributed by atoms with Gasteiger partial charge in [0, 0.05) is 30.6 Å². The fourth-order valence-corrected chi connectivity index (χ4v) is 10.1. The molecule has 12 nitrogen and oxygen atoms in total. The molecule has 5 aliphatic heterocycles. The first kappa shape index (κ1) is 28.0. The number of carbonyl (C=O) groups excluding carboxylic acids is 4. The number of hydrogen-bond acceptors (Lipinski definition) is 8. The van der Waals surface area contributed by atoms with Crippen molar-refractivity contribution in [2.45, 2.75) is 81.5 Å². The van der Waals surface area contributed by atoms with E-state index >= 15 is 4.39 Å². The summed E-state index contributed by atoms with van der Waals surface area (Å²) >= 11 is 0. The lowest BCUT2D eigenvalue weighted by Gasteiger charge is -2.47. The van der Waals surface area contributed by atoms with Crippen molar-refractivity contribution >= 4 is 29.6 Å². The van der Waals surface area contributed by atoms with E-state index in [0.29, 0.717) is 50.4 Å². The highest BCUT2D eigenvalue weighted by atomic mass is 19.1. The molecular formula is C31H38FN5O7. The van der Waals surface area contributed by atoms with Gasteiger partial charge in [0.1, 0.15) is 18.3 Å². The molecular weight excluding hydrogens is 573 g/mol. The van der Waals surface area contributed by atoms with Gasteiger partial charge in [0.25, 0.3) is 5.91 Å². The normalized spacial score (nSPS) is 43.2. The Morgan fingerprint density at radius 3 is 2.75 bits per heavy atom. The molecule has 236 valence electrons. The van der Waals surface area contributed by atoms with E-state index in [0.717, 1.165) is 0 Å². The first-order chi connectivity index (χ1) is 21.0. The van der Waals surface area contributed by atoms with E-state index in [1.54, 1.807) is 28.1 Å². The molecule has 0 aromatic carbocycles. The predicted octanol–water partition coefficient (Wildman–Crippen LogP) is 1.89. The van der Waals surface area contributed by atoms with Gasteiger partial charge in [0.15, 0.2) is 11.6 Å². The van der Waals surface area contributed by atoms with Crippen molar-refractivity contribution in [3.63, 3.8) is 0 Å². The molecule has 4 bridgehead atoms. The van der Waals surface area contributed by atoms with E-state index in [2.05, 4.69) is 15.6 Å². The number of ether oxygens (including phenoxy) is 3. The van der Waals surface area contributed by atoms with Crippen molar-refractivity contribution in [3.05, 3.63) is 18.3 Å². The number of alkyl halides is 1. The molecule has 4 saturated heterocycles. The van der Waals surface area contributed by atoms with Gasteiger partial charge in [-0.3, -0.25) is 14.4 Å². The maximum absolute atomic E-state index is 15.3. The van der Waals surface area contributed by atoms with Crippen LogP contribution in [0.4, 0.5) is 15.0 Å². The van der Waals surface area contributed by atoms with Crippen molar-refractivity contribution < 1.29 is 37.8 Å². The Bertz CT molecular complexity index is 1450. The van der Waals surface area contributed by atoms with Gasteiger partial charge in [-0.25, -0.2) is 14.2 Å². The van der Waals surface area contributed by atoms with Crippen LogP contribution in [-0.4, -0.2) is 101 Å². The van der Waals surface area contributed by atoms with E-state index in [9.17, 15) is 19.2 Å². The minimum atomic E-state index is -1.30. The molecule has 0 unspecified atom stereocenters. The number of nitrogens with zero attached hydrogens (tertiary/aromatic N) is 3. The maximum atomic E-state index is 15.3. The van der Waals surface area contributed by atoms with Gasteiger partial charge in [-0.15, -0.1) is 0 Å². The van der Waals surface area contributed by atoms with Gasteiger partial charge >= 0.3 is 6.09 Å². The highest BCUT2D eigenvalue weighted by Gasteiger charge is 2.69. The van der Waals surface area contributed by atoms with E-state index in [4.69, 9.17) is 14.2 Å². The molecule has 2 N–H and O–H groups in total. The summed E-state index contributed by atoms with van der Waals surface area (Å²) in [6.07, 6.45) is 2.43. The highest BCUT2D eigenvalue weighted by Crippen LogP contribution is 2.62. The number of halogens is 1. The molecule has 3 saturated carbocycles. The number of aromatic nitrogens is 1. The summed E-state index contributed by atoms with van der Waals surface area (Å²) in [4.78, 5) is 62.6. The van der Waals surface area contributed by atoms with E-state index in [1.165, 1.54) is 7.11 Å². The summed E-state index contributed by atoms with van der Waals surface area (Å²) < 4.78 is 32.4. The molecule has 13 heteroatoms. The third-order valence-corrected chi connectivity index (χ3v) is 11.9. The van der Waals surface area contributed by atoms with Crippen LogP contribution in [0.5, 0.6) is 5.75 Å². The molecule has 4 amide bonds. The maximum Gasteiger partial charge on any atom is 0.407 e. The first-order valence-electron chi connectivity index (χ1n) is 15.7. The number of amides is 4. The van der Waals surface area contributed by atoms with Crippen LogP contribution in [0, 0.1) is 29.1 Å². The van der Waals surface area contributed by atoms with Crippen LogP contribution in [-0.2, 0) is 23.9 Å². The molecule has 3 aliphatic carbocycles. The molecule has 8 aliphatic rings. The zero-order valence-corrected chi connectivity index (χ0v) is 25.1. The third-order valence-electron chi connectivity index (χ3n) is 11.9. The number of fused-ring (bicyclic) bond motifs is 7. The number of anilines is 1.